The Morgan fingerprint density at radius 3 is 2.50 bits per heavy atom. The van der Waals surface area contributed by atoms with Gasteiger partial charge in [-0.2, -0.15) is 0 Å². The van der Waals surface area contributed by atoms with E-state index in [1.165, 1.54) is 0 Å². The molecule has 0 bridgehead atoms. The second-order valence-electron chi connectivity index (χ2n) is 4.80. The van der Waals surface area contributed by atoms with Crippen LogP contribution in [-0.4, -0.2) is 46.5 Å². The monoisotopic (exact) mass is 276 g/mol. The lowest BCUT2D eigenvalue weighted by molar-refractivity contribution is -0.115. The molecule has 106 valence electrons. The predicted molar refractivity (Wildman–Crippen MR) is 72.3 cm³/mol. The minimum atomic E-state index is -1.19. The molecule has 1 fully saturated rings. The van der Waals surface area contributed by atoms with Gasteiger partial charge in [-0.1, -0.05) is 36.4 Å². The molecule has 0 aromatic heterocycles. The van der Waals surface area contributed by atoms with E-state index in [9.17, 15) is 10.2 Å². The van der Waals surface area contributed by atoms with Gasteiger partial charge in [0.25, 0.3) is 0 Å². The molecule has 0 spiro atoms. The van der Waals surface area contributed by atoms with Crippen LogP contribution in [-0.2, 0) is 4.74 Å². The van der Waals surface area contributed by atoms with E-state index < -0.39 is 24.6 Å². The Kier molecular flexibility index (Phi) is 3.58. The van der Waals surface area contributed by atoms with Crippen LogP contribution < -0.4 is 4.74 Å². The quantitative estimate of drug-likeness (QED) is 0.767. The lowest BCUT2D eigenvalue weighted by atomic mass is 10.1. The molecule has 0 saturated carbocycles. The second kappa shape index (κ2) is 5.38. The lowest BCUT2D eigenvalue weighted by Crippen LogP contribution is -2.35. The van der Waals surface area contributed by atoms with Crippen molar-refractivity contribution in [1.29, 1.82) is 0 Å². The number of hydrogen-bond donors (Lipinski definition) is 3. The fourth-order valence-electron chi connectivity index (χ4n) is 2.39. The average molecular weight is 276 g/mol. The van der Waals surface area contributed by atoms with E-state index in [1.54, 1.807) is 6.07 Å². The van der Waals surface area contributed by atoms with Crippen LogP contribution in [0.25, 0.3) is 10.8 Å². The van der Waals surface area contributed by atoms with Gasteiger partial charge in [0.05, 0.1) is 6.61 Å². The molecule has 4 atom stereocenters. The van der Waals surface area contributed by atoms with Crippen LogP contribution in [0.2, 0.25) is 0 Å². The van der Waals surface area contributed by atoms with Gasteiger partial charge >= 0.3 is 0 Å². The van der Waals surface area contributed by atoms with Crippen molar-refractivity contribution >= 4 is 10.8 Å². The van der Waals surface area contributed by atoms with Gasteiger partial charge < -0.3 is 24.8 Å². The SMILES string of the molecule is OC[C@H]1O[C@H](Oc2cccc3ccccc23)[C@H](O)[C@@H]1O. The van der Waals surface area contributed by atoms with Crippen LogP contribution in [0, 0.1) is 0 Å². The van der Waals surface area contributed by atoms with Gasteiger partial charge in [0.2, 0.25) is 6.29 Å². The fourth-order valence-corrected chi connectivity index (χ4v) is 2.39. The van der Waals surface area contributed by atoms with E-state index in [0.717, 1.165) is 10.8 Å². The minimum absolute atomic E-state index is 0.367. The number of benzene rings is 2. The highest BCUT2D eigenvalue weighted by Crippen LogP contribution is 2.29. The molecule has 0 radical (unpaired) electrons. The standard InChI is InChI=1S/C15H16O5/c16-8-12-13(17)14(18)15(20-12)19-11-7-3-5-9-4-1-2-6-10(9)11/h1-7,12-18H,8H2/t12-,13-,14-,15+/m1/s1. The number of aliphatic hydroxyl groups is 3. The first-order chi connectivity index (χ1) is 9.70. The van der Waals surface area contributed by atoms with Crippen LogP contribution in [0.5, 0.6) is 5.75 Å². The average Bonchev–Trinajstić information content (AvgIpc) is 2.75. The van der Waals surface area contributed by atoms with Crippen LogP contribution in [0.3, 0.4) is 0 Å². The summed E-state index contributed by atoms with van der Waals surface area (Å²) in [6, 6.07) is 13.3. The summed E-state index contributed by atoms with van der Waals surface area (Å²) in [5.41, 5.74) is 0. The van der Waals surface area contributed by atoms with Gasteiger partial charge in [-0.15, -0.1) is 0 Å². The lowest BCUT2D eigenvalue weighted by Gasteiger charge is -2.18. The molecule has 2 aromatic carbocycles. The van der Waals surface area contributed by atoms with Gasteiger partial charge in [-0.05, 0) is 11.5 Å². The van der Waals surface area contributed by atoms with Crippen molar-refractivity contribution in [3.8, 4) is 5.75 Å². The first-order valence-electron chi connectivity index (χ1n) is 6.47. The molecule has 2 aromatic rings. The Balaban J connectivity index is 1.87. The predicted octanol–water partition coefficient (Wildman–Crippen LogP) is 0.658. The van der Waals surface area contributed by atoms with Crippen LogP contribution in [0.15, 0.2) is 42.5 Å². The zero-order valence-electron chi connectivity index (χ0n) is 10.7. The molecule has 0 amide bonds. The Labute approximate surface area is 116 Å². The maximum Gasteiger partial charge on any atom is 0.229 e. The van der Waals surface area contributed by atoms with Crippen molar-refractivity contribution in [1.82, 2.24) is 0 Å². The molecule has 0 unspecified atom stereocenters. The molecule has 5 heteroatoms. The maximum atomic E-state index is 9.88. The van der Waals surface area contributed by atoms with Crippen molar-refractivity contribution in [2.45, 2.75) is 24.6 Å². The minimum Gasteiger partial charge on any atom is -0.461 e. The number of aliphatic hydroxyl groups excluding tert-OH is 3. The van der Waals surface area contributed by atoms with Gasteiger partial charge in [-0.3, -0.25) is 0 Å². The van der Waals surface area contributed by atoms with Crippen LogP contribution in [0.1, 0.15) is 0 Å². The summed E-state index contributed by atoms with van der Waals surface area (Å²) >= 11 is 0. The normalized spacial score (nSPS) is 29.8. The summed E-state index contributed by atoms with van der Waals surface area (Å²) in [5.74, 6) is 0.568. The van der Waals surface area contributed by atoms with E-state index in [-0.39, 0.29) is 6.61 Å². The van der Waals surface area contributed by atoms with Crippen molar-refractivity contribution in [2.24, 2.45) is 0 Å². The second-order valence-corrected chi connectivity index (χ2v) is 4.80. The molecule has 0 aliphatic carbocycles. The van der Waals surface area contributed by atoms with Crippen molar-refractivity contribution in [3.63, 3.8) is 0 Å². The van der Waals surface area contributed by atoms with E-state index in [2.05, 4.69) is 0 Å². The molecule has 3 rings (SSSR count). The molecule has 1 heterocycles. The first kappa shape index (κ1) is 13.3. The van der Waals surface area contributed by atoms with E-state index in [1.807, 2.05) is 36.4 Å². The Morgan fingerprint density at radius 2 is 1.75 bits per heavy atom. The number of hydrogen-bond acceptors (Lipinski definition) is 5. The molecule has 5 nitrogen and oxygen atoms in total. The summed E-state index contributed by atoms with van der Waals surface area (Å²) < 4.78 is 11.0. The third-order valence-corrected chi connectivity index (χ3v) is 3.49. The molecule has 20 heavy (non-hydrogen) atoms. The van der Waals surface area contributed by atoms with Crippen molar-refractivity contribution in [3.05, 3.63) is 42.5 Å². The maximum absolute atomic E-state index is 9.88. The Morgan fingerprint density at radius 1 is 1.00 bits per heavy atom. The molecule has 3 N–H and O–H groups in total. The smallest absolute Gasteiger partial charge is 0.229 e. The van der Waals surface area contributed by atoms with Crippen LogP contribution in [0.4, 0.5) is 0 Å². The zero-order valence-corrected chi connectivity index (χ0v) is 10.7. The summed E-state index contributed by atoms with van der Waals surface area (Å²) in [7, 11) is 0. The highest BCUT2D eigenvalue weighted by molar-refractivity contribution is 5.88. The highest BCUT2D eigenvalue weighted by Gasteiger charge is 2.43. The number of fused-ring (bicyclic) bond motifs is 1. The van der Waals surface area contributed by atoms with Gasteiger partial charge in [0.15, 0.2) is 0 Å². The topological polar surface area (TPSA) is 79.2 Å². The largest absolute Gasteiger partial charge is 0.461 e. The fraction of sp³-hybridized carbons (Fsp3) is 0.333. The molecule has 1 aliphatic rings. The Hall–Kier alpha value is -1.66. The number of ether oxygens (including phenoxy) is 2. The van der Waals surface area contributed by atoms with Gasteiger partial charge in [-0.25, -0.2) is 0 Å². The third-order valence-electron chi connectivity index (χ3n) is 3.49. The summed E-state index contributed by atoms with van der Waals surface area (Å²) in [5, 5.41) is 30.6. The highest BCUT2D eigenvalue weighted by atomic mass is 16.7. The molecular formula is C15H16O5. The van der Waals surface area contributed by atoms with E-state index in [0.29, 0.717) is 5.75 Å². The molecule has 1 saturated heterocycles. The molecule has 1 aliphatic heterocycles. The first-order valence-corrected chi connectivity index (χ1v) is 6.47. The summed E-state index contributed by atoms with van der Waals surface area (Å²) in [4.78, 5) is 0. The van der Waals surface area contributed by atoms with Crippen molar-refractivity contribution < 1.29 is 24.8 Å². The summed E-state index contributed by atoms with van der Waals surface area (Å²) in [6.07, 6.45) is -4.16. The van der Waals surface area contributed by atoms with Gasteiger partial charge in [0.1, 0.15) is 24.1 Å². The zero-order chi connectivity index (χ0) is 14.1. The van der Waals surface area contributed by atoms with Gasteiger partial charge in [0, 0.05) is 5.39 Å². The third kappa shape index (κ3) is 2.25. The number of rotatable bonds is 3. The van der Waals surface area contributed by atoms with E-state index >= 15 is 0 Å². The Bertz CT molecular complexity index is 594. The molecular weight excluding hydrogens is 260 g/mol. The van der Waals surface area contributed by atoms with Crippen LogP contribution >= 0.6 is 0 Å². The van der Waals surface area contributed by atoms with Crippen molar-refractivity contribution in [2.75, 3.05) is 6.61 Å². The summed E-state index contributed by atoms with van der Waals surface area (Å²) in [6.45, 7) is -0.367. The van der Waals surface area contributed by atoms with E-state index in [4.69, 9.17) is 14.6 Å².